The van der Waals surface area contributed by atoms with Gasteiger partial charge in [0.25, 0.3) is 0 Å². The minimum absolute atomic E-state index is 0.419. The van der Waals surface area contributed by atoms with E-state index in [1.165, 1.54) is 19.3 Å². The molecule has 3 nitrogen and oxygen atoms in total. The van der Waals surface area contributed by atoms with E-state index in [4.69, 9.17) is 5.73 Å². The highest BCUT2D eigenvalue weighted by Crippen LogP contribution is 2.25. The Morgan fingerprint density at radius 3 is 2.57 bits per heavy atom. The largest absolute Gasteiger partial charge is 0.327 e. The first-order chi connectivity index (χ1) is 6.75. The van der Waals surface area contributed by atoms with Crippen molar-refractivity contribution in [2.45, 2.75) is 25.3 Å². The molecule has 0 amide bonds. The molecule has 2 atom stereocenters. The standard InChI is InChI=1S/C10H20N2OS/c11-10-3-1-2-9(10)8-12-4-6-14(13)7-5-12/h9-10H,1-8,11H2/t9-,10-/m1/s1. The highest BCUT2D eigenvalue weighted by atomic mass is 32.2. The SMILES string of the molecule is N[C@@H]1CCC[C@@H]1CN1CCS(=O)CC1. The van der Waals surface area contributed by atoms with Gasteiger partial charge in [0.05, 0.1) is 0 Å². The van der Waals surface area contributed by atoms with Crippen LogP contribution in [0.3, 0.4) is 0 Å². The van der Waals surface area contributed by atoms with Gasteiger partial charge >= 0.3 is 0 Å². The van der Waals surface area contributed by atoms with E-state index in [9.17, 15) is 4.21 Å². The highest BCUT2D eigenvalue weighted by molar-refractivity contribution is 7.85. The van der Waals surface area contributed by atoms with Crippen molar-refractivity contribution in [3.8, 4) is 0 Å². The Kier molecular flexibility index (Phi) is 3.57. The van der Waals surface area contributed by atoms with Crippen molar-refractivity contribution in [1.82, 2.24) is 4.90 Å². The molecular weight excluding hydrogens is 196 g/mol. The lowest BCUT2D eigenvalue weighted by atomic mass is 10.0. The summed E-state index contributed by atoms with van der Waals surface area (Å²) in [5, 5.41) is 0. The first-order valence-electron chi connectivity index (χ1n) is 5.58. The Balaban J connectivity index is 1.77. The zero-order valence-corrected chi connectivity index (χ0v) is 9.47. The molecule has 0 aromatic rings. The van der Waals surface area contributed by atoms with E-state index in [0.717, 1.165) is 31.1 Å². The van der Waals surface area contributed by atoms with E-state index in [1.807, 2.05) is 0 Å². The van der Waals surface area contributed by atoms with Gasteiger partial charge in [0.15, 0.2) is 0 Å². The van der Waals surface area contributed by atoms with Crippen LogP contribution in [0.1, 0.15) is 19.3 Å². The number of rotatable bonds is 2. The fourth-order valence-electron chi connectivity index (χ4n) is 2.48. The third-order valence-electron chi connectivity index (χ3n) is 3.48. The van der Waals surface area contributed by atoms with Crippen LogP contribution in [0, 0.1) is 5.92 Å². The number of hydrogen-bond acceptors (Lipinski definition) is 3. The fraction of sp³-hybridized carbons (Fsp3) is 1.00. The molecular formula is C10H20N2OS. The molecule has 1 heterocycles. The van der Waals surface area contributed by atoms with E-state index in [1.54, 1.807) is 0 Å². The maximum atomic E-state index is 11.2. The molecule has 1 saturated carbocycles. The molecule has 0 aromatic carbocycles. The van der Waals surface area contributed by atoms with Gasteiger partial charge < -0.3 is 10.6 Å². The molecule has 4 heteroatoms. The second-order valence-electron chi connectivity index (χ2n) is 4.50. The van der Waals surface area contributed by atoms with Gasteiger partial charge in [0.1, 0.15) is 0 Å². The molecule has 0 unspecified atom stereocenters. The zero-order chi connectivity index (χ0) is 9.97. The molecule has 2 rings (SSSR count). The summed E-state index contributed by atoms with van der Waals surface area (Å²) in [4.78, 5) is 2.44. The topological polar surface area (TPSA) is 46.3 Å². The molecule has 2 fully saturated rings. The average Bonchev–Trinajstić information content (AvgIpc) is 2.56. The summed E-state index contributed by atoms with van der Waals surface area (Å²) in [6.07, 6.45) is 3.79. The maximum absolute atomic E-state index is 11.2. The molecule has 0 aromatic heterocycles. The third kappa shape index (κ3) is 2.55. The van der Waals surface area contributed by atoms with Gasteiger partial charge in [-0.15, -0.1) is 0 Å². The second kappa shape index (κ2) is 4.73. The predicted molar refractivity (Wildman–Crippen MR) is 59.6 cm³/mol. The van der Waals surface area contributed by atoms with Crippen molar-refractivity contribution in [2.24, 2.45) is 11.7 Å². The van der Waals surface area contributed by atoms with Gasteiger partial charge in [-0.1, -0.05) is 6.42 Å². The van der Waals surface area contributed by atoms with Crippen LogP contribution >= 0.6 is 0 Å². The van der Waals surface area contributed by atoms with Crippen LogP contribution in [-0.4, -0.2) is 46.3 Å². The molecule has 0 radical (unpaired) electrons. The normalized spacial score (nSPS) is 36.4. The van der Waals surface area contributed by atoms with Crippen LogP contribution in [0.2, 0.25) is 0 Å². The second-order valence-corrected chi connectivity index (χ2v) is 6.20. The summed E-state index contributed by atoms with van der Waals surface area (Å²) < 4.78 is 11.2. The van der Waals surface area contributed by atoms with E-state index in [-0.39, 0.29) is 0 Å². The van der Waals surface area contributed by atoms with Crippen molar-refractivity contribution in [3.63, 3.8) is 0 Å². The van der Waals surface area contributed by atoms with Gasteiger partial charge in [-0.2, -0.15) is 0 Å². The molecule has 2 aliphatic rings. The van der Waals surface area contributed by atoms with Gasteiger partial charge in [0, 0.05) is 48.0 Å². The minimum Gasteiger partial charge on any atom is -0.327 e. The zero-order valence-electron chi connectivity index (χ0n) is 8.65. The third-order valence-corrected chi connectivity index (χ3v) is 4.76. The number of nitrogens with zero attached hydrogens (tertiary/aromatic N) is 1. The van der Waals surface area contributed by atoms with Crippen molar-refractivity contribution in [1.29, 1.82) is 0 Å². The van der Waals surface area contributed by atoms with Crippen LogP contribution in [0.25, 0.3) is 0 Å². The fourth-order valence-corrected chi connectivity index (χ4v) is 3.61. The molecule has 0 spiro atoms. The monoisotopic (exact) mass is 216 g/mol. The summed E-state index contributed by atoms with van der Waals surface area (Å²) >= 11 is 0. The maximum Gasteiger partial charge on any atom is 0.0363 e. The summed E-state index contributed by atoms with van der Waals surface area (Å²) in [7, 11) is -0.546. The highest BCUT2D eigenvalue weighted by Gasteiger charge is 2.27. The Morgan fingerprint density at radius 2 is 2.00 bits per heavy atom. The van der Waals surface area contributed by atoms with Gasteiger partial charge in [-0.05, 0) is 18.8 Å². The summed E-state index contributed by atoms with van der Waals surface area (Å²) in [6.45, 7) is 3.16. The molecule has 1 aliphatic carbocycles. The number of hydrogen-bond donors (Lipinski definition) is 1. The molecule has 1 aliphatic heterocycles. The first-order valence-corrected chi connectivity index (χ1v) is 7.07. The van der Waals surface area contributed by atoms with Crippen LogP contribution in [0.4, 0.5) is 0 Å². The summed E-state index contributed by atoms with van der Waals surface area (Å²) in [5.41, 5.74) is 6.04. The van der Waals surface area contributed by atoms with E-state index < -0.39 is 10.8 Å². The Bertz CT molecular complexity index is 212. The number of nitrogens with two attached hydrogens (primary N) is 1. The summed E-state index contributed by atoms with van der Waals surface area (Å²) in [5.74, 6) is 2.42. The minimum atomic E-state index is -0.546. The molecule has 2 N–H and O–H groups in total. The van der Waals surface area contributed by atoms with E-state index in [2.05, 4.69) is 4.90 Å². The lowest BCUT2D eigenvalue weighted by Gasteiger charge is -2.29. The lowest BCUT2D eigenvalue weighted by Crippen LogP contribution is -2.43. The van der Waals surface area contributed by atoms with Gasteiger partial charge in [-0.3, -0.25) is 4.21 Å². The van der Waals surface area contributed by atoms with Gasteiger partial charge in [-0.25, -0.2) is 0 Å². The van der Waals surface area contributed by atoms with Crippen molar-refractivity contribution in [3.05, 3.63) is 0 Å². The van der Waals surface area contributed by atoms with Crippen molar-refractivity contribution < 1.29 is 4.21 Å². The van der Waals surface area contributed by atoms with Crippen LogP contribution in [-0.2, 0) is 10.8 Å². The summed E-state index contributed by atoms with van der Waals surface area (Å²) in [6, 6.07) is 0.419. The van der Waals surface area contributed by atoms with Crippen LogP contribution < -0.4 is 5.73 Å². The average molecular weight is 216 g/mol. The van der Waals surface area contributed by atoms with Crippen molar-refractivity contribution >= 4 is 10.8 Å². The molecule has 82 valence electrons. The van der Waals surface area contributed by atoms with E-state index in [0.29, 0.717) is 12.0 Å². The van der Waals surface area contributed by atoms with Crippen LogP contribution in [0.5, 0.6) is 0 Å². The smallest absolute Gasteiger partial charge is 0.0363 e. The Morgan fingerprint density at radius 1 is 1.29 bits per heavy atom. The first kappa shape index (κ1) is 10.6. The van der Waals surface area contributed by atoms with Crippen LogP contribution in [0.15, 0.2) is 0 Å². The predicted octanol–water partition coefficient (Wildman–Crippen LogP) is 0.178. The molecule has 14 heavy (non-hydrogen) atoms. The van der Waals surface area contributed by atoms with Crippen molar-refractivity contribution in [2.75, 3.05) is 31.1 Å². The quantitative estimate of drug-likeness (QED) is 0.716. The van der Waals surface area contributed by atoms with E-state index >= 15 is 0 Å². The Hall–Kier alpha value is 0.0700. The Labute approximate surface area is 88.5 Å². The molecule has 1 saturated heterocycles. The molecule has 0 bridgehead atoms. The lowest BCUT2D eigenvalue weighted by molar-refractivity contribution is 0.241. The van der Waals surface area contributed by atoms with Gasteiger partial charge in [0.2, 0.25) is 0 Å².